The molecule has 7 heteroatoms. The summed E-state index contributed by atoms with van der Waals surface area (Å²) >= 11 is 0. The molecule has 28 heavy (non-hydrogen) atoms. The van der Waals surface area contributed by atoms with Gasteiger partial charge in [-0.3, -0.25) is 9.58 Å². The van der Waals surface area contributed by atoms with Crippen molar-refractivity contribution in [2.24, 2.45) is 13.0 Å². The van der Waals surface area contributed by atoms with Crippen molar-refractivity contribution in [1.82, 2.24) is 24.6 Å². The van der Waals surface area contributed by atoms with Crippen LogP contribution in [0.3, 0.4) is 0 Å². The van der Waals surface area contributed by atoms with Gasteiger partial charge in [-0.1, -0.05) is 12.8 Å². The highest BCUT2D eigenvalue weighted by atomic mass is 16.3. The van der Waals surface area contributed by atoms with Crippen LogP contribution < -0.4 is 4.90 Å². The van der Waals surface area contributed by atoms with E-state index in [1.165, 1.54) is 45.1 Å². The zero-order valence-electron chi connectivity index (χ0n) is 16.9. The molecular formula is C21H32N6O. The van der Waals surface area contributed by atoms with E-state index in [9.17, 15) is 5.11 Å². The summed E-state index contributed by atoms with van der Waals surface area (Å²) < 4.78 is 1.88. The molecule has 1 N–H and O–H groups in total. The first-order valence-corrected chi connectivity index (χ1v) is 11.0. The van der Waals surface area contributed by atoms with Crippen molar-refractivity contribution >= 4 is 16.9 Å². The van der Waals surface area contributed by atoms with E-state index in [2.05, 4.69) is 14.9 Å². The number of fused-ring (bicyclic) bond motifs is 1. The summed E-state index contributed by atoms with van der Waals surface area (Å²) in [5.74, 6) is 3.42. The number of hydrogen-bond donors (Lipinski definition) is 1. The molecule has 0 bridgehead atoms. The van der Waals surface area contributed by atoms with Crippen molar-refractivity contribution in [3.05, 3.63) is 12.0 Å². The van der Waals surface area contributed by atoms with Crippen LogP contribution in [-0.4, -0.2) is 68.6 Å². The molecule has 2 aromatic rings. The molecule has 1 atom stereocenters. The normalized spacial score (nSPS) is 24.5. The monoisotopic (exact) mass is 384 g/mol. The molecule has 0 aromatic carbocycles. The van der Waals surface area contributed by atoms with E-state index < -0.39 is 0 Å². The Hall–Kier alpha value is -1.73. The van der Waals surface area contributed by atoms with Crippen LogP contribution in [0.2, 0.25) is 0 Å². The lowest BCUT2D eigenvalue weighted by Gasteiger charge is -2.42. The number of piperazine rings is 1. The van der Waals surface area contributed by atoms with Gasteiger partial charge in [0.25, 0.3) is 0 Å². The average Bonchev–Trinajstić information content (AvgIpc) is 3.20. The lowest BCUT2D eigenvalue weighted by Crippen LogP contribution is -2.54. The lowest BCUT2D eigenvalue weighted by molar-refractivity contribution is 0.137. The highest BCUT2D eigenvalue weighted by Gasteiger charge is 2.33. The summed E-state index contributed by atoms with van der Waals surface area (Å²) in [5.41, 5.74) is 0.950. The van der Waals surface area contributed by atoms with Gasteiger partial charge in [0, 0.05) is 51.8 Å². The molecule has 1 saturated heterocycles. The standard InChI is InChI=1S/C21H32N6O/c1-25-20-18(12-22-25)21(24-19(23-20)16-4-2-3-5-16)27-10-9-26(13-15-6-7-15)17(14-27)8-11-28/h12,15-17,28H,2-11,13-14H2,1H3/t17-/m1/s1. The Labute approximate surface area is 166 Å². The Kier molecular flexibility index (Phi) is 4.97. The molecule has 7 nitrogen and oxygen atoms in total. The highest BCUT2D eigenvalue weighted by molar-refractivity contribution is 5.87. The van der Waals surface area contributed by atoms with Crippen molar-refractivity contribution in [3.8, 4) is 0 Å². The van der Waals surface area contributed by atoms with Gasteiger partial charge in [-0.2, -0.15) is 5.10 Å². The molecule has 0 amide bonds. The fourth-order valence-electron chi connectivity index (χ4n) is 5.01. The van der Waals surface area contributed by atoms with Gasteiger partial charge < -0.3 is 10.0 Å². The predicted molar refractivity (Wildman–Crippen MR) is 110 cm³/mol. The van der Waals surface area contributed by atoms with Gasteiger partial charge in [0.2, 0.25) is 0 Å². The Balaban J connectivity index is 1.45. The maximum absolute atomic E-state index is 9.62. The van der Waals surface area contributed by atoms with E-state index in [0.717, 1.165) is 54.6 Å². The van der Waals surface area contributed by atoms with Crippen LogP contribution in [0.25, 0.3) is 11.0 Å². The zero-order valence-corrected chi connectivity index (χ0v) is 16.9. The number of hydrogen-bond acceptors (Lipinski definition) is 6. The second-order valence-electron chi connectivity index (χ2n) is 8.94. The van der Waals surface area contributed by atoms with E-state index in [0.29, 0.717) is 12.0 Å². The number of aliphatic hydroxyl groups excluding tert-OH is 1. The highest BCUT2D eigenvalue weighted by Crippen LogP contribution is 2.36. The third kappa shape index (κ3) is 3.50. The Morgan fingerprint density at radius 3 is 2.68 bits per heavy atom. The van der Waals surface area contributed by atoms with Gasteiger partial charge >= 0.3 is 0 Å². The maximum Gasteiger partial charge on any atom is 0.163 e. The molecule has 2 aromatic heterocycles. The molecule has 5 rings (SSSR count). The quantitative estimate of drug-likeness (QED) is 0.824. The van der Waals surface area contributed by atoms with E-state index in [-0.39, 0.29) is 6.61 Å². The maximum atomic E-state index is 9.62. The Morgan fingerprint density at radius 1 is 1.11 bits per heavy atom. The minimum Gasteiger partial charge on any atom is -0.396 e. The molecule has 3 aliphatic rings. The van der Waals surface area contributed by atoms with Crippen LogP contribution >= 0.6 is 0 Å². The summed E-state index contributed by atoms with van der Waals surface area (Å²) in [6, 6.07) is 0.399. The van der Waals surface area contributed by atoms with Crippen LogP contribution in [0, 0.1) is 5.92 Å². The first kappa shape index (κ1) is 18.3. The molecule has 3 fully saturated rings. The molecule has 0 spiro atoms. The lowest BCUT2D eigenvalue weighted by atomic mass is 10.1. The predicted octanol–water partition coefficient (Wildman–Crippen LogP) is 2.30. The molecule has 1 aliphatic heterocycles. The molecule has 2 aliphatic carbocycles. The molecule has 3 heterocycles. The van der Waals surface area contributed by atoms with Crippen molar-refractivity contribution in [1.29, 1.82) is 0 Å². The SMILES string of the molecule is Cn1ncc2c(N3CCN(CC4CC4)[C@H](CCO)C3)nc(C3CCCC3)nc21. The molecule has 152 valence electrons. The van der Waals surface area contributed by atoms with Gasteiger partial charge in [-0.25, -0.2) is 9.97 Å². The number of rotatable bonds is 6. The summed E-state index contributed by atoms with van der Waals surface area (Å²) in [5, 5.41) is 15.2. The summed E-state index contributed by atoms with van der Waals surface area (Å²) in [4.78, 5) is 15.0. The third-order valence-corrected chi connectivity index (χ3v) is 6.87. The summed E-state index contributed by atoms with van der Waals surface area (Å²) in [6.07, 6.45) is 10.5. The van der Waals surface area contributed by atoms with Crippen LogP contribution in [-0.2, 0) is 7.05 Å². The average molecular weight is 385 g/mol. The Morgan fingerprint density at radius 2 is 1.93 bits per heavy atom. The van der Waals surface area contributed by atoms with Crippen LogP contribution in [0.1, 0.15) is 56.7 Å². The third-order valence-electron chi connectivity index (χ3n) is 6.87. The second kappa shape index (κ2) is 7.59. The minimum absolute atomic E-state index is 0.249. The first-order valence-electron chi connectivity index (χ1n) is 11.0. The zero-order chi connectivity index (χ0) is 19.1. The van der Waals surface area contributed by atoms with Crippen LogP contribution in [0.5, 0.6) is 0 Å². The van der Waals surface area contributed by atoms with Crippen molar-refractivity contribution in [2.75, 3.05) is 37.7 Å². The van der Waals surface area contributed by atoms with Crippen molar-refractivity contribution in [3.63, 3.8) is 0 Å². The molecule has 2 saturated carbocycles. The van der Waals surface area contributed by atoms with E-state index in [1.54, 1.807) is 0 Å². The minimum atomic E-state index is 0.249. The molecular weight excluding hydrogens is 352 g/mol. The topological polar surface area (TPSA) is 70.3 Å². The molecule has 0 radical (unpaired) electrons. The van der Waals surface area contributed by atoms with Gasteiger partial charge in [0.1, 0.15) is 11.6 Å². The van der Waals surface area contributed by atoms with Gasteiger partial charge in [0.15, 0.2) is 5.65 Å². The van der Waals surface area contributed by atoms with E-state index in [1.807, 2.05) is 17.9 Å². The number of nitrogens with zero attached hydrogens (tertiary/aromatic N) is 6. The number of anilines is 1. The fraction of sp³-hybridized carbons (Fsp3) is 0.762. The van der Waals surface area contributed by atoms with Crippen molar-refractivity contribution < 1.29 is 5.11 Å². The summed E-state index contributed by atoms with van der Waals surface area (Å²) in [6.45, 7) is 4.40. The number of aliphatic hydroxyl groups is 1. The number of aromatic nitrogens is 4. The first-order chi connectivity index (χ1) is 13.7. The Bertz CT molecular complexity index is 826. The van der Waals surface area contributed by atoms with Crippen molar-refractivity contribution in [2.45, 2.75) is 56.9 Å². The number of aryl methyl sites for hydroxylation is 1. The smallest absolute Gasteiger partial charge is 0.163 e. The van der Waals surface area contributed by atoms with Crippen LogP contribution in [0.4, 0.5) is 5.82 Å². The summed E-state index contributed by atoms with van der Waals surface area (Å²) in [7, 11) is 1.97. The van der Waals surface area contributed by atoms with E-state index >= 15 is 0 Å². The van der Waals surface area contributed by atoms with E-state index in [4.69, 9.17) is 9.97 Å². The fourth-order valence-corrected chi connectivity index (χ4v) is 5.01. The molecule has 0 unspecified atom stereocenters. The van der Waals surface area contributed by atoms with Gasteiger partial charge in [-0.15, -0.1) is 0 Å². The van der Waals surface area contributed by atoms with Gasteiger partial charge in [0.05, 0.1) is 11.6 Å². The van der Waals surface area contributed by atoms with Crippen LogP contribution in [0.15, 0.2) is 6.20 Å². The largest absolute Gasteiger partial charge is 0.396 e. The second-order valence-corrected chi connectivity index (χ2v) is 8.94. The van der Waals surface area contributed by atoms with Gasteiger partial charge in [-0.05, 0) is 38.0 Å².